The Kier molecular flexibility index (Phi) is 3.10. The van der Waals surface area contributed by atoms with Crippen LogP contribution in [0.1, 0.15) is 17.3 Å². The molecule has 0 radical (unpaired) electrons. The number of amides is 1. The molecule has 1 aromatic carbocycles. The molecule has 6 heteroatoms. The standard InChI is InChI=1S/C14H14N4OS/c1-3-18-7-10(13(15)19)9-5-4-8-6-16-14(20-2)17-11(8)12(9)18/h4-7H,3H2,1-2H3,(H2,15,19). The van der Waals surface area contributed by atoms with E-state index in [-0.39, 0.29) is 0 Å². The van der Waals surface area contributed by atoms with Crippen LogP contribution in [-0.4, -0.2) is 26.7 Å². The molecule has 3 aromatic rings. The summed E-state index contributed by atoms with van der Waals surface area (Å²) in [6, 6.07) is 3.83. The number of hydrogen-bond donors (Lipinski definition) is 1. The molecule has 3 rings (SSSR count). The van der Waals surface area contributed by atoms with E-state index in [9.17, 15) is 4.79 Å². The molecule has 0 aliphatic rings. The SMILES string of the molecule is CCn1cc(C(N)=O)c2ccc3cnc(SC)nc3c21. The summed E-state index contributed by atoms with van der Waals surface area (Å²) in [6.07, 6.45) is 5.55. The van der Waals surface area contributed by atoms with Crippen molar-refractivity contribution in [3.63, 3.8) is 0 Å². The van der Waals surface area contributed by atoms with Gasteiger partial charge in [-0.3, -0.25) is 4.79 Å². The molecule has 0 saturated heterocycles. The van der Waals surface area contributed by atoms with E-state index in [1.807, 2.05) is 36.1 Å². The molecule has 102 valence electrons. The number of thioether (sulfide) groups is 1. The van der Waals surface area contributed by atoms with Crippen molar-refractivity contribution in [1.82, 2.24) is 14.5 Å². The van der Waals surface area contributed by atoms with Gasteiger partial charge in [-0.2, -0.15) is 0 Å². The predicted molar refractivity (Wildman–Crippen MR) is 81.0 cm³/mol. The molecule has 0 bridgehead atoms. The fraction of sp³-hybridized carbons (Fsp3) is 0.214. The summed E-state index contributed by atoms with van der Waals surface area (Å²) in [6.45, 7) is 2.78. The highest BCUT2D eigenvalue weighted by Gasteiger charge is 2.15. The van der Waals surface area contributed by atoms with Crippen LogP contribution in [0.25, 0.3) is 21.8 Å². The lowest BCUT2D eigenvalue weighted by Crippen LogP contribution is -2.10. The number of nitrogens with two attached hydrogens (primary N) is 1. The summed E-state index contributed by atoms with van der Waals surface area (Å²) in [5, 5.41) is 2.52. The van der Waals surface area contributed by atoms with Crippen LogP contribution in [-0.2, 0) is 6.54 Å². The number of fused-ring (bicyclic) bond motifs is 3. The first kappa shape index (κ1) is 12.9. The van der Waals surface area contributed by atoms with Crippen LogP contribution in [0.5, 0.6) is 0 Å². The van der Waals surface area contributed by atoms with E-state index >= 15 is 0 Å². The number of carbonyl (C=O) groups excluding carboxylic acids is 1. The highest BCUT2D eigenvalue weighted by Crippen LogP contribution is 2.28. The summed E-state index contributed by atoms with van der Waals surface area (Å²) in [7, 11) is 0. The van der Waals surface area contributed by atoms with E-state index in [0.717, 1.165) is 33.5 Å². The molecule has 5 nitrogen and oxygen atoms in total. The Labute approximate surface area is 120 Å². The van der Waals surface area contributed by atoms with Crippen LogP contribution in [0, 0.1) is 0 Å². The molecule has 0 spiro atoms. The van der Waals surface area contributed by atoms with E-state index in [0.29, 0.717) is 5.56 Å². The summed E-state index contributed by atoms with van der Waals surface area (Å²) in [4.78, 5) is 20.4. The van der Waals surface area contributed by atoms with Gasteiger partial charge in [-0.05, 0) is 13.2 Å². The van der Waals surface area contributed by atoms with Gasteiger partial charge >= 0.3 is 0 Å². The molecule has 0 aliphatic heterocycles. The van der Waals surface area contributed by atoms with Crippen LogP contribution in [0.15, 0.2) is 29.7 Å². The minimum Gasteiger partial charge on any atom is -0.366 e. The lowest BCUT2D eigenvalue weighted by molar-refractivity contribution is 0.100. The minimum atomic E-state index is -0.416. The molecule has 0 aliphatic carbocycles. The average Bonchev–Trinajstić information content (AvgIpc) is 2.86. The number of nitrogens with zero attached hydrogens (tertiary/aromatic N) is 3. The van der Waals surface area contributed by atoms with Gasteiger partial charge in [-0.25, -0.2) is 9.97 Å². The van der Waals surface area contributed by atoms with E-state index in [2.05, 4.69) is 9.97 Å². The zero-order valence-electron chi connectivity index (χ0n) is 11.3. The van der Waals surface area contributed by atoms with Gasteiger partial charge < -0.3 is 10.3 Å². The van der Waals surface area contributed by atoms with Gasteiger partial charge in [0.15, 0.2) is 5.16 Å². The monoisotopic (exact) mass is 286 g/mol. The molecule has 2 heterocycles. The van der Waals surface area contributed by atoms with Crippen LogP contribution >= 0.6 is 11.8 Å². The van der Waals surface area contributed by atoms with Crippen molar-refractivity contribution in [2.45, 2.75) is 18.6 Å². The first-order valence-corrected chi connectivity index (χ1v) is 7.50. The Morgan fingerprint density at radius 2 is 2.25 bits per heavy atom. The van der Waals surface area contributed by atoms with Crippen LogP contribution < -0.4 is 5.73 Å². The maximum atomic E-state index is 11.6. The van der Waals surface area contributed by atoms with Gasteiger partial charge in [0.25, 0.3) is 5.91 Å². The molecule has 0 saturated carbocycles. The van der Waals surface area contributed by atoms with E-state index in [1.165, 1.54) is 11.8 Å². The third kappa shape index (κ3) is 1.84. The summed E-state index contributed by atoms with van der Waals surface area (Å²) in [5.41, 5.74) is 7.79. The Morgan fingerprint density at radius 1 is 1.45 bits per heavy atom. The third-order valence-corrected chi connectivity index (χ3v) is 3.92. The van der Waals surface area contributed by atoms with E-state index < -0.39 is 5.91 Å². The Hall–Kier alpha value is -2.08. The first-order valence-electron chi connectivity index (χ1n) is 6.28. The van der Waals surface area contributed by atoms with Crippen LogP contribution in [0.3, 0.4) is 0 Å². The summed E-state index contributed by atoms with van der Waals surface area (Å²) < 4.78 is 2.01. The zero-order valence-corrected chi connectivity index (χ0v) is 12.1. The van der Waals surface area contributed by atoms with Crippen molar-refractivity contribution < 1.29 is 4.79 Å². The first-order chi connectivity index (χ1) is 9.65. The Morgan fingerprint density at radius 3 is 2.90 bits per heavy atom. The Bertz CT molecular complexity index is 825. The fourth-order valence-electron chi connectivity index (χ4n) is 2.41. The smallest absolute Gasteiger partial charge is 0.250 e. The number of hydrogen-bond acceptors (Lipinski definition) is 4. The normalized spacial score (nSPS) is 11.3. The molecule has 0 atom stereocenters. The fourth-order valence-corrected chi connectivity index (χ4v) is 2.75. The number of carbonyl (C=O) groups is 1. The van der Waals surface area contributed by atoms with Gasteiger partial charge in [0.2, 0.25) is 0 Å². The second kappa shape index (κ2) is 4.79. The van der Waals surface area contributed by atoms with Gasteiger partial charge in [0.1, 0.15) is 0 Å². The molecular weight excluding hydrogens is 272 g/mol. The Balaban J connectivity index is 2.48. The lowest BCUT2D eigenvalue weighted by Gasteiger charge is -2.05. The largest absolute Gasteiger partial charge is 0.366 e. The van der Waals surface area contributed by atoms with Crippen molar-refractivity contribution in [2.24, 2.45) is 5.73 Å². The van der Waals surface area contributed by atoms with E-state index in [4.69, 9.17) is 5.73 Å². The molecule has 2 aromatic heterocycles. The topological polar surface area (TPSA) is 73.8 Å². The number of rotatable bonds is 3. The molecule has 2 N–H and O–H groups in total. The minimum absolute atomic E-state index is 0.416. The lowest BCUT2D eigenvalue weighted by atomic mass is 10.1. The van der Waals surface area contributed by atoms with Crippen molar-refractivity contribution in [3.8, 4) is 0 Å². The number of aromatic nitrogens is 3. The van der Waals surface area contributed by atoms with Gasteiger partial charge in [0.05, 0.1) is 16.6 Å². The molecule has 20 heavy (non-hydrogen) atoms. The maximum Gasteiger partial charge on any atom is 0.250 e. The van der Waals surface area contributed by atoms with Crippen molar-refractivity contribution >= 4 is 39.5 Å². The summed E-state index contributed by atoms with van der Waals surface area (Å²) >= 11 is 1.50. The molecule has 1 amide bonds. The quantitative estimate of drug-likeness (QED) is 0.593. The second-order valence-electron chi connectivity index (χ2n) is 4.45. The third-order valence-electron chi connectivity index (χ3n) is 3.35. The van der Waals surface area contributed by atoms with Gasteiger partial charge in [-0.15, -0.1) is 0 Å². The van der Waals surface area contributed by atoms with Crippen LogP contribution in [0.4, 0.5) is 0 Å². The second-order valence-corrected chi connectivity index (χ2v) is 5.22. The van der Waals surface area contributed by atoms with Crippen molar-refractivity contribution in [2.75, 3.05) is 6.26 Å². The van der Waals surface area contributed by atoms with Crippen molar-refractivity contribution in [1.29, 1.82) is 0 Å². The maximum absolute atomic E-state index is 11.6. The average molecular weight is 286 g/mol. The predicted octanol–water partition coefficient (Wildman–Crippen LogP) is 2.43. The summed E-state index contributed by atoms with van der Waals surface area (Å²) in [5.74, 6) is -0.416. The van der Waals surface area contributed by atoms with Gasteiger partial charge in [0, 0.05) is 29.7 Å². The van der Waals surface area contributed by atoms with E-state index in [1.54, 1.807) is 6.20 Å². The highest BCUT2D eigenvalue weighted by atomic mass is 32.2. The zero-order chi connectivity index (χ0) is 14.3. The number of aryl methyl sites for hydroxylation is 1. The van der Waals surface area contributed by atoms with Crippen molar-refractivity contribution in [3.05, 3.63) is 30.1 Å². The van der Waals surface area contributed by atoms with Crippen LogP contribution in [0.2, 0.25) is 0 Å². The molecule has 0 unspecified atom stereocenters. The highest BCUT2D eigenvalue weighted by molar-refractivity contribution is 7.98. The number of benzene rings is 1. The number of primary amides is 1. The van der Waals surface area contributed by atoms with Gasteiger partial charge in [-0.1, -0.05) is 23.9 Å². The molecule has 0 fully saturated rings. The molecular formula is C14H14N4OS.